The van der Waals surface area contributed by atoms with Crippen LogP contribution in [0.1, 0.15) is 22.3 Å². The first-order chi connectivity index (χ1) is 33.7. The molecule has 2 aromatic heterocycles. The van der Waals surface area contributed by atoms with E-state index in [-0.39, 0.29) is 0 Å². The molecule has 316 valence electrons. The molecule has 2 heterocycles. The van der Waals surface area contributed by atoms with Crippen LogP contribution in [0.4, 0.5) is 0 Å². The standard InChI is InChI=1S/C64H39N3S/c1-2-15-40(16-3-1)45-17-12-18-46(39-45)62-65-61(44-37-33-42(34-38-44)41-31-35-43(36-32-41)47-23-13-25-53-51-22-7-11-30-58(51)68-60(47)53)66-63(67-62)54-26-14-24-52-50-21-6-10-29-57(50)64(59(52)54)55-27-8-4-19-48(55)49-20-5-9-28-56(49)64/h1-39H. The molecule has 0 amide bonds. The fourth-order valence-electron chi connectivity index (χ4n) is 11.2. The average molecular weight is 882 g/mol. The quantitative estimate of drug-likeness (QED) is 0.167. The highest BCUT2D eigenvalue weighted by atomic mass is 32.1. The van der Waals surface area contributed by atoms with E-state index in [1.165, 1.54) is 75.8 Å². The Kier molecular flexibility index (Phi) is 8.67. The summed E-state index contributed by atoms with van der Waals surface area (Å²) in [5.41, 5.74) is 19.3. The summed E-state index contributed by atoms with van der Waals surface area (Å²) in [6, 6.07) is 85.5. The molecule has 2 aliphatic carbocycles. The molecule has 12 aromatic rings. The van der Waals surface area contributed by atoms with Gasteiger partial charge in [-0.25, -0.2) is 15.0 Å². The van der Waals surface area contributed by atoms with Crippen molar-refractivity contribution < 1.29 is 0 Å². The van der Waals surface area contributed by atoms with Gasteiger partial charge in [0.25, 0.3) is 0 Å². The van der Waals surface area contributed by atoms with Crippen molar-refractivity contribution in [2.75, 3.05) is 0 Å². The smallest absolute Gasteiger partial charge is 0.164 e. The second-order valence-electron chi connectivity index (χ2n) is 17.8. The molecule has 1 spiro atoms. The number of nitrogens with zero attached hydrogens (tertiary/aromatic N) is 3. The largest absolute Gasteiger partial charge is 0.208 e. The number of hydrogen-bond acceptors (Lipinski definition) is 4. The minimum atomic E-state index is -0.558. The number of hydrogen-bond donors (Lipinski definition) is 0. The minimum absolute atomic E-state index is 0.558. The highest BCUT2D eigenvalue weighted by Crippen LogP contribution is 2.64. The van der Waals surface area contributed by atoms with E-state index in [2.05, 4.69) is 237 Å². The van der Waals surface area contributed by atoms with Crippen LogP contribution >= 0.6 is 11.3 Å². The summed E-state index contributed by atoms with van der Waals surface area (Å²) in [4.78, 5) is 16.2. The molecule has 0 atom stereocenters. The minimum Gasteiger partial charge on any atom is -0.208 e. The first-order valence-electron chi connectivity index (χ1n) is 23.2. The lowest BCUT2D eigenvalue weighted by molar-refractivity contribution is 0.794. The van der Waals surface area contributed by atoms with Crippen LogP contribution in [-0.4, -0.2) is 15.0 Å². The third kappa shape index (κ3) is 5.81. The van der Waals surface area contributed by atoms with E-state index in [0.717, 1.165) is 38.9 Å². The molecule has 2 aliphatic rings. The highest BCUT2D eigenvalue weighted by Gasteiger charge is 2.52. The Bertz CT molecular complexity index is 3900. The van der Waals surface area contributed by atoms with Gasteiger partial charge in [0.15, 0.2) is 17.5 Å². The normalized spacial score (nSPS) is 12.8. The zero-order chi connectivity index (χ0) is 44.8. The predicted octanol–water partition coefficient (Wildman–Crippen LogP) is 16.6. The molecule has 0 radical (unpaired) electrons. The summed E-state index contributed by atoms with van der Waals surface area (Å²) in [5.74, 6) is 1.91. The van der Waals surface area contributed by atoms with Crippen LogP contribution in [0.3, 0.4) is 0 Å². The van der Waals surface area contributed by atoms with E-state index >= 15 is 0 Å². The Morgan fingerprint density at radius 3 is 1.43 bits per heavy atom. The SMILES string of the molecule is c1ccc(-c2cccc(-c3nc(-c4ccc(-c5ccc(-c6cccc7c6sc6ccccc67)cc5)cc4)nc(-c4cccc5c4C4(c6ccccc6-c6ccccc64)c4ccccc4-5)n3)c2)cc1. The Morgan fingerprint density at radius 2 is 0.721 bits per heavy atom. The van der Waals surface area contributed by atoms with E-state index in [0.29, 0.717) is 17.5 Å². The second kappa shape index (κ2) is 15.2. The fourth-order valence-corrected chi connectivity index (χ4v) is 12.4. The number of rotatable bonds is 6. The second-order valence-corrected chi connectivity index (χ2v) is 18.9. The van der Waals surface area contributed by atoms with Crippen LogP contribution < -0.4 is 0 Å². The van der Waals surface area contributed by atoms with Crippen molar-refractivity contribution in [3.8, 4) is 89.8 Å². The Hall–Kier alpha value is -8.57. The summed E-state index contributed by atoms with van der Waals surface area (Å²) in [5, 5.41) is 2.63. The van der Waals surface area contributed by atoms with Crippen molar-refractivity contribution in [2.24, 2.45) is 0 Å². The third-order valence-electron chi connectivity index (χ3n) is 14.2. The van der Waals surface area contributed by atoms with E-state index < -0.39 is 5.41 Å². The molecule has 3 nitrogen and oxygen atoms in total. The van der Waals surface area contributed by atoms with Crippen LogP contribution in [0.25, 0.3) is 110 Å². The van der Waals surface area contributed by atoms with Gasteiger partial charge in [-0.3, -0.25) is 0 Å². The summed E-state index contributed by atoms with van der Waals surface area (Å²) >= 11 is 1.87. The van der Waals surface area contributed by atoms with Crippen LogP contribution in [0.5, 0.6) is 0 Å². The number of aromatic nitrogens is 3. The Labute approximate surface area is 398 Å². The van der Waals surface area contributed by atoms with Gasteiger partial charge in [0.05, 0.1) is 5.41 Å². The van der Waals surface area contributed by atoms with Gasteiger partial charge in [-0.05, 0) is 90.0 Å². The maximum absolute atomic E-state index is 5.45. The van der Waals surface area contributed by atoms with Gasteiger partial charge in [0.1, 0.15) is 0 Å². The maximum Gasteiger partial charge on any atom is 0.164 e. The highest BCUT2D eigenvalue weighted by molar-refractivity contribution is 7.26. The van der Waals surface area contributed by atoms with Gasteiger partial charge >= 0.3 is 0 Å². The van der Waals surface area contributed by atoms with Gasteiger partial charge in [0.2, 0.25) is 0 Å². The van der Waals surface area contributed by atoms with Crippen molar-refractivity contribution in [2.45, 2.75) is 5.41 Å². The van der Waals surface area contributed by atoms with Crippen LogP contribution in [0, 0.1) is 0 Å². The van der Waals surface area contributed by atoms with E-state index in [4.69, 9.17) is 15.0 Å². The molecule has 0 bridgehead atoms. The molecule has 14 rings (SSSR count). The zero-order valence-electron chi connectivity index (χ0n) is 36.8. The lowest BCUT2D eigenvalue weighted by atomic mass is 9.69. The Balaban J connectivity index is 0.914. The van der Waals surface area contributed by atoms with Gasteiger partial charge in [0, 0.05) is 36.9 Å². The van der Waals surface area contributed by atoms with E-state index in [9.17, 15) is 0 Å². The van der Waals surface area contributed by atoms with Crippen LogP contribution in [0.15, 0.2) is 237 Å². The zero-order valence-corrected chi connectivity index (χ0v) is 37.6. The summed E-state index contributed by atoms with van der Waals surface area (Å²) in [6.45, 7) is 0. The molecule has 0 saturated carbocycles. The summed E-state index contributed by atoms with van der Waals surface area (Å²) < 4.78 is 2.64. The van der Waals surface area contributed by atoms with Gasteiger partial charge in [-0.1, -0.05) is 224 Å². The molecule has 68 heavy (non-hydrogen) atoms. The lowest BCUT2D eigenvalue weighted by Crippen LogP contribution is -2.26. The summed E-state index contributed by atoms with van der Waals surface area (Å²) in [6.07, 6.45) is 0. The predicted molar refractivity (Wildman–Crippen MR) is 282 cm³/mol. The number of benzene rings is 10. The molecule has 0 aliphatic heterocycles. The average Bonchev–Trinajstić information content (AvgIpc) is 4.06. The van der Waals surface area contributed by atoms with Crippen molar-refractivity contribution in [3.05, 3.63) is 259 Å². The fraction of sp³-hybridized carbons (Fsp3) is 0.0156. The van der Waals surface area contributed by atoms with Crippen molar-refractivity contribution in [3.63, 3.8) is 0 Å². The molecule has 0 unspecified atom stereocenters. The van der Waals surface area contributed by atoms with E-state index in [1.807, 2.05) is 11.3 Å². The van der Waals surface area contributed by atoms with Crippen LogP contribution in [-0.2, 0) is 5.41 Å². The number of fused-ring (bicyclic) bond motifs is 13. The van der Waals surface area contributed by atoms with Crippen LogP contribution in [0.2, 0.25) is 0 Å². The van der Waals surface area contributed by atoms with E-state index in [1.54, 1.807) is 0 Å². The first kappa shape index (κ1) is 38.7. The van der Waals surface area contributed by atoms with Crippen molar-refractivity contribution in [1.29, 1.82) is 0 Å². The molecule has 0 fully saturated rings. The van der Waals surface area contributed by atoms with Crippen molar-refractivity contribution >= 4 is 31.5 Å². The molecule has 0 N–H and O–H groups in total. The third-order valence-corrected chi connectivity index (χ3v) is 15.4. The monoisotopic (exact) mass is 881 g/mol. The Morgan fingerprint density at radius 1 is 0.279 bits per heavy atom. The molecule has 10 aromatic carbocycles. The maximum atomic E-state index is 5.45. The number of thiophene rings is 1. The van der Waals surface area contributed by atoms with Gasteiger partial charge in [-0.15, -0.1) is 11.3 Å². The topological polar surface area (TPSA) is 38.7 Å². The molecular formula is C64H39N3S. The van der Waals surface area contributed by atoms with Gasteiger partial charge < -0.3 is 0 Å². The summed E-state index contributed by atoms with van der Waals surface area (Å²) in [7, 11) is 0. The first-order valence-corrected chi connectivity index (χ1v) is 24.0. The lowest BCUT2D eigenvalue weighted by Gasteiger charge is -2.31. The van der Waals surface area contributed by atoms with Crippen molar-refractivity contribution in [1.82, 2.24) is 15.0 Å². The molecule has 4 heteroatoms. The molecule has 0 saturated heterocycles. The van der Waals surface area contributed by atoms with Gasteiger partial charge in [-0.2, -0.15) is 0 Å². The molecular weight excluding hydrogens is 843 g/mol.